The molecule has 0 radical (unpaired) electrons. The number of ether oxygens (including phenoxy) is 1. The Kier molecular flexibility index (Phi) is 7.23. The second-order valence-corrected chi connectivity index (χ2v) is 14.0. The van der Waals surface area contributed by atoms with E-state index in [2.05, 4.69) is 32.7 Å². The topological polar surface area (TPSA) is 99.9 Å². The summed E-state index contributed by atoms with van der Waals surface area (Å²) in [5, 5.41) is 32.1. The Bertz CT molecular complexity index is 952. The number of aromatic carboxylic acids is 1. The van der Waals surface area contributed by atoms with Crippen molar-refractivity contribution >= 4 is 17.3 Å². The summed E-state index contributed by atoms with van der Waals surface area (Å²) in [7, 11) is 0. The molecule has 4 saturated carbocycles. The standard InChI is InChI=1S/C29H45NO5S/c1-5-18-22-14-17(31)8-11-29(22,4)21-9-12-28(3)19(6-7-20(28)24(21)25(18)32)16(2)10-13-35-23-15-30-26(36-23)27(33)34/h15-22,24-25,31-32H,5-14H2,1-4H3,(H,33,34)/t16-,17-,18-,19-,20+,21+,22+,24+,25-,28-,29-/m1/s1. The second-order valence-electron chi connectivity index (χ2n) is 13.0. The fourth-order valence-corrected chi connectivity index (χ4v) is 10.5. The molecule has 11 atom stereocenters. The van der Waals surface area contributed by atoms with Gasteiger partial charge in [-0.1, -0.05) is 45.5 Å². The molecule has 0 amide bonds. The summed E-state index contributed by atoms with van der Waals surface area (Å²) in [6.07, 6.45) is 10.8. The van der Waals surface area contributed by atoms with E-state index < -0.39 is 5.97 Å². The van der Waals surface area contributed by atoms with Crippen LogP contribution in [0.2, 0.25) is 0 Å². The molecule has 0 bridgehead atoms. The maximum atomic E-state index is 11.9. The van der Waals surface area contributed by atoms with Crippen molar-refractivity contribution in [3.05, 3.63) is 11.2 Å². The number of aliphatic hydroxyl groups is 2. The highest BCUT2D eigenvalue weighted by Crippen LogP contribution is 2.69. The Morgan fingerprint density at radius 3 is 2.56 bits per heavy atom. The maximum absolute atomic E-state index is 11.9. The van der Waals surface area contributed by atoms with Gasteiger partial charge in [0.1, 0.15) is 0 Å². The largest absolute Gasteiger partial charge is 0.483 e. The van der Waals surface area contributed by atoms with Crippen molar-refractivity contribution in [1.82, 2.24) is 4.98 Å². The minimum Gasteiger partial charge on any atom is -0.483 e. The van der Waals surface area contributed by atoms with Crippen molar-refractivity contribution in [2.45, 2.75) is 97.7 Å². The van der Waals surface area contributed by atoms with Gasteiger partial charge in [-0.25, -0.2) is 9.78 Å². The fraction of sp³-hybridized carbons (Fsp3) is 0.862. The highest BCUT2D eigenvalue weighted by atomic mass is 32.1. The normalized spacial score (nSPS) is 44.8. The summed E-state index contributed by atoms with van der Waals surface area (Å²) in [5.74, 6) is 2.38. The summed E-state index contributed by atoms with van der Waals surface area (Å²) in [5.41, 5.74) is 0.490. The minimum absolute atomic E-state index is 0.0702. The Morgan fingerprint density at radius 1 is 1.14 bits per heavy atom. The van der Waals surface area contributed by atoms with Crippen LogP contribution in [0.25, 0.3) is 0 Å². The van der Waals surface area contributed by atoms with E-state index >= 15 is 0 Å². The van der Waals surface area contributed by atoms with Gasteiger partial charge in [-0.3, -0.25) is 0 Å². The molecule has 4 aliphatic rings. The van der Waals surface area contributed by atoms with E-state index in [0.29, 0.717) is 53.1 Å². The lowest BCUT2D eigenvalue weighted by Crippen LogP contribution is -2.62. The second kappa shape index (κ2) is 9.85. The van der Waals surface area contributed by atoms with Crippen molar-refractivity contribution in [2.24, 2.45) is 52.3 Å². The number of carboxylic acids is 1. The van der Waals surface area contributed by atoms with Crippen molar-refractivity contribution in [3.63, 3.8) is 0 Å². The summed E-state index contributed by atoms with van der Waals surface area (Å²) in [6, 6.07) is 0. The lowest BCUT2D eigenvalue weighted by molar-refractivity contribution is -0.203. The first-order valence-electron chi connectivity index (χ1n) is 14.3. The molecule has 0 spiro atoms. The maximum Gasteiger partial charge on any atom is 0.365 e. The predicted molar refractivity (Wildman–Crippen MR) is 140 cm³/mol. The Balaban J connectivity index is 1.29. The van der Waals surface area contributed by atoms with E-state index in [-0.39, 0.29) is 28.0 Å². The van der Waals surface area contributed by atoms with Crippen LogP contribution in [-0.2, 0) is 0 Å². The SMILES string of the molecule is CC[C@H]1[C@@H](O)[C@@H]2[C@H](CC[C@]3(C)[C@@H]([C@H](C)CCOc4cnc(C(=O)O)s4)CC[C@@H]23)[C@@]2(C)CC[C@@H](O)C[C@@H]12. The van der Waals surface area contributed by atoms with Gasteiger partial charge in [0, 0.05) is 0 Å². The van der Waals surface area contributed by atoms with Crippen LogP contribution in [0.3, 0.4) is 0 Å². The van der Waals surface area contributed by atoms with Gasteiger partial charge in [-0.15, -0.1) is 0 Å². The minimum atomic E-state index is -1.01. The molecule has 1 aromatic rings. The van der Waals surface area contributed by atoms with Gasteiger partial charge in [-0.05, 0) is 104 Å². The first-order valence-corrected chi connectivity index (χ1v) is 15.1. The molecular formula is C29H45NO5S. The zero-order valence-corrected chi connectivity index (χ0v) is 23.2. The van der Waals surface area contributed by atoms with Gasteiger partial charge < -0.3 is 20.1 Å². The number of fused-ring (bicyclic) bond motifs is 5. The molecule has 4 fully saturated rings. The number of nitrogens with zero attached hydrogens (tertiary/aromatic N) is 1. The van der Waals surface area contributed by atoms with Gasteiger partial charge >= 0.3 is 5.97 Å². The third-order valence-corrected chi connectivity index (χ3v) is 12.5. The van der Waals surface area contributed by atoms with Crippen molar-refractivity contribution in [3.8, 4) is 5.06 Å². The molecule has 0 unspecified atom stereocenters. The lowest BCUT2D eigenvalue weighted by atomic mass is 9.41. The number of aliphatic hydroxyl groups excluding tert-OH is 2. The van der Waals surface area contributed by atoms with Crippen LogP contribution >= 0.6 is 11.3 Å². The van der Waals surface area contributed by atoms with Gasteiger partial charge in [-0.2, -0.15) is 0 Å². The van der Waals surface area contributed by atoms with Gasteiger partial charge in [0.2, 0.25) is 5.01 Å². The van der Waals surface area contributed by atoms with E-state index in [1.54, 1.807) is 0 Å². The smallest absolute Gasteiger partial charge is 0.365 e. The Morgan fingerprint density at radius 2 is 1.86 bits per heavy atom. The average molecular weight is 520 g/mol. The third kappa shape index (κ3) is 4.21. The Hall–Kier alpha value is -1.18. The molecular weight excluding hydrogens is 474 g/mol. The summed E-state index contributed by atoms with van der Waals surface area (Å²) in [4.78, 5) is 15.0. The predicted octanol–water partition coefficient (Wildman–Crippen LogP) is 5.87. The number of carbonyl (C=O) groups is 1. The summed E-state index contributed by atoms with van der Waals surface area (Å²) >= 11 is 1.09. The summed E-state index contributed by atoms with van der Waals surface area (Å²) in [6.45, 7) is 10.2. The third-order valence-electron chi connectivity index (χ3n) is 11.6. The van der Waals surface area contributed by atoms with Crippen LogP contribution < -0.4 is 4.74 Å². The molecule has 6 nitrogen and oxygen atoms in total. The van der Waals surface area contributed by atoms with E-state index in [4.69, 9.17) is 9.84 Å². The van der Waals surface area contributed by atoms with Crippen molar-refractivity contribution < 1.29 is 24.9 Å². The molecule has 5 rings (SSSR count). The molecule has 202 valence electrons. The molecule has 0 aliphatic heterocycles. The van der Waals surface area contributed by atoms with E-state index in [1.165, 1.54) is 31.9 Å². The molecule has 4 aliphatic carbocycles. The number of thiazole rings is 1. The van der Waals surface area contributed by atoms with Crippen LogP contribution in [0.1, 0.15) is 95.3 Å². The van der Waals surface area contributed by atoms with Crippen LogP contribution in [-0.4, -0.2) is 45.1 Å². The van der Waals surface area contributed by atoms with Gasteiger partial charge in [0.05, 0.1) is 25.0 Å². The van der Waals surface area contributed by atoms with Crippen LogP contribution in [0, 0.1) is 52.3 Å². The number of carboxylic acid groups (broad SMARTS) is 1. The van der Waals surface area contributed by atoms with Crippen LogP contribution in [0.4, 0.5) is 0 Å². The number of aromatic nitrogens is 1. The molecule has 1 aromatic heterocycles. The highest BCUT2D eigenvalue weighted by molar-refractivity contribution is 7.15. The fourth-order valence-electron chi connectivity index (χ4n) is 9.90. The van der Waals surface area contributed by atoms with Gasteiger partial charge in [0.25, 0.3) is 0 Å². The van der Waals surface area contributed by atoms with E-state index in [1.807, 2.05) is 0 Å². The first kappa shape index (κ1) is 26.4. The number of hydrogen-bond acceptors (Lipinski definition) is 6. The average Bonchev–Trinajstić information content (AvgIpc) is 3.45. The Labute approximate surface area is 219 Å². The molecule has 0 aromatic carbocycles. The van der Waals surface area contributed by atoms with Crippen LogP contribution in [0.15, 0.2) is 6.20 Å². The van der Waals surface area contributed by atoms with Crippen molar-refractivity contribution in [2.75, 3.05) is 6.61 Å². The molecule has 3 N–H and O–H groups in total. The molecule has 7 heteroatoms. The van der Waals surface area contributed by atoms with E-state index in [0.717, 1.165) is 43.4 Å². The monoisotopic (exact) mass is 519 g/mol. The zero-order valence-electron chi connectivity index (χ0n) is 22.4. The molecule has 36 heavy (non-hydrogen) atoms. The summed E-state index contributed by atoms with van der Waals surface area (Å²) < 4.78 is 5.88. The molecule has 0 saturated heterocycles. The first-order chi connectivity index (χ1) is 17.1. The number of hydrogen-bond donors (Lipinski definition) is 3. The zero-order chi connectivity index (χ0) is 25.8. The quantitative estimate of drug-likeness (QED) is 0.416. The lowest BCUT2D eigenvalue weighted by Gasteiger charge is -2.64. The van der Waals surface area contributed by atoms with Crippen molar-refractivity contribution in [1.29, 1.82) is 0 Å². The van der Waals surface area contributed by atoms with Gasteiger partial charge in [0.15, 0.2) is 5.06 Å². The van der Waals surface area contributed by atoms with Crippen LogP contribution in [0.5, 0.6) is 5.06 Å². The molecule has 1 heterocycles. The number of rotatable bonds is 7. The van der Waals surface area contributed by atoms with E-state index in [9.17, 15) is 15.0 Å². The highest BCUT2D eigenvalue weighted by Gasteiger charge is 2.64.